The van der Waals surface area contributed by atoms with Crippen LogP contribution in [0.4, 0.5) is 5.69 Å². The van der Waals surface area contributed by atoms with Crippen molar-refractivity contribution in [3.63, 3.8) is 0 Å². The Morgan fingerprint density at radius 3 is 2.71 bits per heavy atom. The first-order valence-corrected chi connectivity index (χ1v) is 6.32. The fourth-order valence-electron chi connectivity index (χ4n) is 1.74. The smallest absolute Gasteiger partial charge is 0.248 e. The number of hydrogen-bond donors (Lipinski definition) is 2. The molecule has 0 bridgehead atoms. The molecule has 94 valence electrons. The topological polar surface area (TPSA) is 55.1 Å². The Hall–Kier alpha value is -1.22. The summed E-state index contributed by atoms with van der Waals surface area (Å²) in [6, 6.07) is 5.42. The summed E-state index contributed by atoms with van der Waals surface area (Å²) in [5.74, 6) is -0.437. The Morgan fingerprint density at radius 1 is 1.47 bits per heavy atom. The predicted molar refractivity (Wildman–Crippen MR) is 72.6 cm³/mol. The fourth-order valence-corrected chi connectivity index (χ4v) is 1.91. The van der Waals surface area contributed by atoms with Crippen molar-refractivity contribution < 1.29 is 4.79 Å². The zero-order valence-electron chi connectivity index (χ0n) is 10.3. The van der Waals surface area contributed by atoms with Crippen LogP contribution in [0, 0.1) is 0 Å². The van der Waals surface area contributed by atoms with Gasteiger partial charge in [0.25, 0.3) is 0 Å². The molecule has 0 radical (unpaired) electrons. The third-order valence-corrected chi connectivity index (χ3v) is 3.07. The molecule has 1 unspecified atom stereocenters. The summed E-state index contributed by atoms with van der Waals surface area (Å²) in [5.41, 5.74) is 6.50. The summed E-state index contributed by atoms with van der Waals surface area (Å²) in [7, 11) is 0. The van der Waals surface area contributed by atoms with E-state index in [-0.39, 0.29) is 0 Å². The number of carbonyl (C=O) groups excluding carboxylic acids is 1. The van der Waals surface area contributed by atoms with E-state index >= 15 is 0 Å². The van der Waals surface area contributed by atoms with Crippen molar-refractivity contribution in [2.24, 2.45) is 5.73 Å². The SMILES string of the molecule is CCCC(CC)Nc1cc(C(N)=O)ccc1Cl. The van der Waals surface area contributed by atoms with E-state index in [1.54, 1.807) is 18.2 Å². The third-order valence-electron chi connectivity index (χ3n) is 2.74. The molecule has 17 heavy (non-hydrogen) atoms. The summed E-state index contributed by atoms with van der Waals surface area (Å²) in [4.78, 5) is 11.1. The van der Waals surface area contributed by atoms with Crippen molar-refractivity contribution in [2.75, 3.05) is 5.32 Å². The van der Waals surface area contributed by atoms with Gasteiger partial charge >= 0.3 is 0 Å². The highest BCUT2D eigenvalue weighted by atomic mass is 35.5. The highest BCUT2D eigenvalue weighted by Gasteiger charge is 2.10. The van der Waals surface area contributed by atoms with Crippen molar-refractivity contribution in [3.05, 3.63) is 28.8 Å². The van der Waals surface area contributed by atoms with E-state index in [0.29, 0.717) is 16.6 Å². The lowest BCUT2D eigenvalue weighted by Gasteiger charge is -2.18. The van der Waals surface area contributed by atoms with Gasteiger partial charge in [0.05, 0.1) is 10.7 Å². The van der Waals surface area contributed by atoms with Gasteiger partial charge in [-0.25, -0.2) is 0 Å². The van der Waals surface area contributed by atoms with Crippen LogP contribution < -0.4 is 11.1 Å². The van der Waals surface area contributed by atoms with Gasteiger partial charge < -0.3 is 11.1 Å². The van der Waals surface area contributed by atoms with Crippen LogP contribution >= 0.6 is 11.6 Å². The minimum Gasteiger partial charge on any atom is -0.381 e. The minimum absolute atomic E-state index is 0.376. The molecular formula is C13H19ClN2O. The molecule has 4 heteroatoms. The van der Waals surface area contributed by atoms with E-state index in [9.17, 15) is 4.79 Å². The Balaban J connectivity index is 2.88. The molecule has 1 amide bonds. The van der Waals surface area contributed by atoms with Crippen LogP contribution in [-0.2, 0) is 0 Å². The number of amides is 1. The Kier molecular flexibility index (Phi) is 5.29. The molecule has 1 aromatic rings. The number of nitrogens with one attached hydrogen (secondary N) is 1. The zero-order chi connectivity index (χ0) is 12.8. The lowest BCUT2D eigenvalue weighted by molar-refractivity contribution is 0.100. The summed E-state index contributed by atoms with van der Waals surface area (Å²) < 4.78 is 0. The number of benzene rings is 1. The molecular weight excluding hydrogens is 236 g/mol. The largest absolute Gasteiger partial charge is 0.381 e. The second-order valence-electron chi connectivity index (χ2n) is 4.10. The van der Waals surface area contributed by atoms with Crippen LogP contribution in [0.15, 0.2) is 18.2 Å². The molecule has 3 N–H and O–H groups in total. The molecule has 0 saturated carbocycles. The summed E-state index contributed by atoms with van der Waals surface area (Å²) in [6.45, 7) is 4.27. The number of nitrogens with two attached hydrogens (primary N) is 1. The second kappa shape index (κ2) is 6.50. The lowest BCUT2D eigenvalue weighted by Crippen LogP contribution is -2.19. The van der Waals surface area contributed by atoms with Gasteiger partial charge in [0.15, 0.2) is 0 Å². The van der Waals surface area contributed by atoms with Crippen LogP contribution in [0.3, 0.4) is 0 Å². The van der Waals surface area contributed by atoms with Crippen molar-refractivity contribution >= 4 is 23.2 Å². The second-order valence-corrected chi connectivity index (χ2v) is 4.50. The van der Waals surface area contributed by atoms with Gasteiger partial charge in [-0.1, -0.05) is 31.9 Å². The van der Waals surface area contributed by atoms with Gasteiger partial charge in [-0.15, -0.1) is 0 Å². The third kappa shape index (κ3) is 3.93. The molecule has 0 aliphatic heterocycles. The van der Waals surface area contributed by atoms with Gasteiger partial charge in [-0.2, -0.15) is 0 Å². The normalized spacial score (nSPS) is 12.2. The van der Waals surface area contributed by atoms with Crippen molar-refractivity contribution in [1.29, 1.82) is 0 Å². The molecule has 0 aromatic heterocycles. The highest BCUT2D eigenvalue weighted by Crippen LogP contribution is 2.24. The molecule has 0 saturated heterocycles. The van der Waals surface area contributed by atoms with Gasteiger partial charge in [-0.3, -0.25) is 4.79 Å². The number of hydrogen-bond acceptors (Lipinski definition) is 2. The zero-order valence-corrected chi connectivity index (χ0v) is 11.1. The average molecular weight is 255 g/mol. The maximum Gasteiger partial charge on any atom is 0.248 e. The van der Waals surface area contributed by atoms with E-state index in [2.05, 4.69) is 19.2 Å². The highest BCUT2D eigenvalue weighted by molar-refractivity contribution is 6.33. The first kappa shape index (κ1) is 13.8. The molecule has 3 nitrogen and oxygen atoms in total. The number of anilines is 1. The summed E-state index contributed by atoms with van der Waals surface area (Å²) >= 11 is 6.09. The van der Waals surface area contributed by atoms with E-state index < -0.39 is 5.91 Å². The van der Waals surface area contributed by atoms with Gasteiger partial charge in [0, 0.05) is 11.6 Å². The quantitative estimate of drug-likeness (QED) is 0.817. The fraction of sp³-hybridized carbons (Fsp3) is 0.462. The Labute approximate surface area is 107 Å². The standard InChI is InChI=1S/C13H19ClN2O/c1-3-5-10(4-2)16-12-8-9(13(15)17)6-7-11(12)14/h6-8,10,16H,3-5H2,1-2H3,(H2,15,17). The van der Waals surface area contributed by atoms with Crippen molar-refractivity contribution in [1.82, 2.24) is 0 Å². The summed E-state index contributed by atoms with van der Waals surface area (Å²) in [6.07, 6.45) is 3.21. The maximum atomic E-state index is 11.1. The van der Waals surface area contributed by atoms with Crippen LogP contribution in [0.5, 0.6) is 0 Å². The van der Waals surface area contributed by atoms with Gasteiger partial charge in [-0.05, 0) is 31.0 Å². The summed E-state index contributed by atoms with van der Waals surface area (Å²) in [5, 5.41) is 3.97. The van der Waals surface area contributed by atoms with Crippen LogP contribution in [-0.4, -0.2) is 11.9 Å². The molecule has 0 aliphatic rings. The monoisotopic (exact) mass is 254 g/mol. The van der Waals surface area contributed by atoms with Crippen LogP contribution in [0.25, 0.3) is 0 Å². The van der Waals surface area contributed by atoms with Crippen molar-refractivity contribution in [2.45, 2.75) is 39.2 Å². The van der Waals surface area contributed by atoms with E-state index in [0.717, 1.165) is 24.9 Å². The molecule has 1 rings (SSSR count). The number of primary amides is 1. The molecule has 0 fully saturated rings. The minimum atomic E-state index is -0.437. The molecule has 0 aliphatic carbocycles. The number of rotatable bonds is 6. The van der Waals surface area contributed by atoms with Gasteiger partial charge in [0.1, 0.15) is 0 Å². The Morgan fingerprint density at radius 2 is 2.18 bits per heavy atom. The molecule has 1 atom stereocenters. The predicted octanol–water partition coefficient (Wildman–Crippen LogP) is 3.43. The first-order chi connectivity index (χ1) is 8.08. The van der Waals surface area contributed by atoms with E-state index in [1.807, 2.05) is 0 Å². The van der Waals surface area contributed by atoms with Crippen LogP contribution in [0.1, 0.15) is 43.5 Å². The Bertz CT molecular complexity index is 393. The average Bonchev–Trinajstić information content (AvgIpc) is 2.30. The molecule has 1 aromatic carbocycles. The first-order valence-electron chi connectivity index (χ1n) is 5.94. The van der Waals surface area contributed by atoms with Gasteiger partial charge in [0.2, 0.25) is 5.91 Å². The maximum absolute atomic E-state index is 11.1. The lowest BCUT2D eigenvalue weighted by atomic mass is 10.1. The van der Waals surface area contributed by atoms with Crippen molar-refractivity contribution in [3.8, 4) is 0 Å². The van der Waals surface area contributed by atoms with E-state index in [4.69, 9.17) is 17.3 Å². The molecule has 0 spiro atoms. The molecule has 0 heterocycles. The van der Waals surface area contributed by atoms with Crippen LogP contribution in [0.2, 0.25) is 5.02 Å². The number of halogens is 1. The number of carbonyl (C=O) groups is 1. The van der Waals surface area contributed by atoms with E-state index in [1.165, 1.54) is 0 Å².